The molecular formula is C16H11BrN2O. The molecule has 0 aliphatic carbocycles. The number of aromatic nitrogens is 2. The molecule has 0 radical (unpaired) electrons. The van der Waals surface area contributed by atoms with Crippen molar-refractivity contribution in [2.24, 2.45) is 0 Å². The highest BCUT2D eigenvalue weighted by molar-refractivity contribution is 9.10. The Morgan fingerprint density at radius 3 is 2.80 bits per heavy atom. The number of rotatable bonds is 3. The number of nitrogens with zero attached hydrogens (tertiary/aromatic N) is 1. The Labute approximate surface area is 124 Å². The molecule has 0 bridgehead atoms. The summed E-state index contributed by atoms with van der Waals surface area (Å²) in [7, 11) is 0. The van der Waals surface area contributed by atoms with Crippen molar-refractivity contribution in [1.82, 2.24) is 9.97 Å². The molecule has 3 nitrogen and oxygen atoms in total. The largest absolute Gasteiger partial charge is 0.361 e. The summed E-state index contributed by atoms with van der Waals surface area (Å²) in [6.07, 6.45) is 8.54. The molecule has 0 amide bonds. The minimum Gasteiger partial charge on any atom is -0.361 e. The van der Waals surface area contributed by atoms with E-state index in [0.29, 0.717) is 5.56 Å². The lowest BCUT2D eigenvalue weighted by atomic mass is 10.1. The summed E-state index contributed by atoms with van der Waals surface area (Å²) >= 11 is 3.46. The van der Waals surface area contributed by atoms with Crippen molar-refractivity contribution < 1.29 is 4.79 Å². The van der Waals surface area contributed by atoms with Gasteiger partial charge in [-0.2, -0.15) is 0 Å². The Balaban J connectivity index is 1.91. The minimum atomic E-state index is -0.0308. The molecule has 3 aromatic rings. The lowest BCUT2D eigenvalue weighted by Crippen LogP contribution is -1.93. The van der Waals surface area contributed by atoms with Gasteiger partial charge in [0.15, 0.2) is 5.78 Å². The van der Waals surface area contributed by atoms with Crippen molar-refractivity contribution in [3.05, 3.63) is 70.6 Å². The van der Waals surface area contributed by atoms with Crippen molar-refractivity contribution in [3.63, 3.8) is 0 Å². The van der Waals surface area contributed by atoms with Gasteiger partial charge in [-0.05, 0) is 48.0 Å². The Bertz CT molecular complexity index is 791. The van der Waals surface area contributed by atoms with Crippen LogP contribution in [0, 0.1) is 0 Å². The standard InChI is InChI=1S/C16H11BrN2O/c17-13-2-3-15-14(9-13)12(10-19-15)1-4-16(20)11-5-7-18-8-6-11/h1-10,19H. The van der Waals surface area contributed by atoms with E-state index in [-0.39, 0.29) is 5.78 Å². The van der Waals surface area contributed by atoms with Gasteiger partial charge in [-0.15, -0.1) is 0 Å². The zero-order valence-corrected chi connectivity index (χ0v) is 12.1. The number of ketones is 1. The van der Waals surface area contributed by atoms with E-state index < -0.39 is 0 Å². The maximum absolute atomic E-state index is 12.0. The van der Waals surface area contributed by atoms with Gasteiger partial charge in [0.25, 0.3) is 0 Å². The fourth-order valence-electron chi connectivity index (χ4n) is 2.03. The maximum atomic E-state index is 12.0. The molecule has 3 rings (SSSR count). The average Bonchev–Trinajstić information content (AvgIpc) is 2.88. The fraction of sp³-hybridized carbons (Fsp3) is 0. The zero-order chi connectivity index (χ0) is 13.9. The van der Waals surface area contributed by atoms with Gasteiger partial charge in [-0.25, -0.2) is 0 Å². The third-order valence-electron chi connectivity index (χ3n) is 3.05. The Morgan fingerprint density at radius 1 is 1.20 bits per heavy atom. The normalized spacial score (nSPS) is 11.2. The number of halogens is 1. The molecule has 98 valence electrons. The van der Waals surface area contributed by atoms with Gasteiger partial charge in [0.05, 0.1) is 0 Å². The second kappa shape index (κ2) is 5.43. The molecule has 1 N–H and O–H groups in total. The summed E-state index contributed by atoms with van der Waals surface area (Å²) < 4.78 is 1.01. The van der Waals surface area contributed by atoms with Crippen molar-refractivity contribution in [1.29, 1.82) is 0 Å². The first-order valence-corrected chi connectivity index (χ1v) is 6.92. The quantitative estimate of drug-likeness (QED) is 0.578. The highest BCUT2D eigenvalue weighted by Crippen LogP contribution is 2.23. The number of hydrogen-bond acceptors (Lipinski definition) is 2. The Hall–Kier alpha value is -2.20. The third-order valence-corrected chi connectivity index (χ3v) is 3.55. The van der Waals surface area contributed by atoms with E-state index in [1.165, 1.54) is 0 Å². The SMILES string of the molecule is O=C(C=Cc1c[nH]c2ccc(Br)cc12)c1ccncc1. The number of allylic oxidation sites excluding steroid dienone is 1. The molecule has 0 fully saturated rings. The second-order valence-corrected chi connectivity index (χ2v) is 5.28. The van der Waals surface area contributed by atoms with Crippen LogP contribution in [0.25, 0.3) is 17.0 Å². The van der Waals surface area contributed by atoms with Gasteiger partial charge in [0, 0.05) is 39.5 Å². The van der Waals surface area contributed by atoms with Crippen LogP contribution in [0.1, 0.15) is 15.9 Å². The molecule has 4 heteroatoms. The molecule has 0 saturated carbocycles. The third kappa shape index (κ3) is 2.56. The van der Waals surface area contributed by atoms with E-state index in [4.69, 9.17) is 0 Å². The summed E-state index contributed by atoms with van der Waals surface area (Å²) in [5.41, 5.74) is 2.67. The number of benzene rings is 1. The first-order valence-electron chi connectivity index (χ1n) is 6.13. The molecule has 0 aliphatic heterocycles. The predicted molar refractivity (Wildman–Crippen MR) is 83.6 cm³/mol. The molecule has 2 heterocycles. The average molecular weight is 327 g/mol. The van der Waals surface area contributed by atoms with E-state index in [2.05, 4.69) is 25.9 Å². The first kappa shape index (κ1) is 12.8. The minimum absolute atomic E-state index is 0.0308. The van der Waals surface area contributed by atoms with E-state index in [9.17, 15) is 4.79 Å². The van der Waals surface area contributed by atoms with E-state index in [1.807, 2.05) is 30.5 Å². The topological polar surface area (TPSA) is 45.8 Å². The summed E-state index contributed by atoms with van der Waals surface area (Å²) in [5, 5.41) is 1.08. The van der Waals surface area contributed by atoms with Crippen molar-refractivity contribution >= 4 is 38.7 Å². The fourth-order valence-corrected chi connectivity index (χ4v) is 2.39. The van der Waals surface area contributed by atoms with Crippen LogP contribution >= 0.6 is 15.9 Å². The Morgan fingerprint density at radius 2 is 2.00 bits per heavy atom. The maximum Gasteiger partial charge on any atom is 0.185 e. The molecule has 0 atom stereocenters. The summed E-state index contributed by atoms with van der Waals surface area (Å²) in [6, 6.07) is 9.43. The number of carbonyl (C=O) groups excluding carboxylic acids is 1. The smallest absolute Gasteiger partial charge is 0.185 e. The van der Waals surface area contributed by atoms with Crippen LogP contribution < -0.4 is 0 Å². The van der Waals surface area contributed by atoms with Gasteiger partial charge in [0.1, 0.15) is 0 Å². The number of fused-ring (bicyclic) bond motifs is 1. The van der Waals surface area contributed by atoms with Crippen LogP contribution in [0.15, 0.2) is 59.5 Å². The summed E-state index contributed by atoms with van der Waals surface area (Å²) in [5.74, 6) is -0.0308. The van der Waals surface area contributed by atoms with Gasteiger partial charge >= 0.3 is 0 Å². The number of hydrogen-bond donors (Lipinski definition) is 1. The van der Waals surface area contributed by atoms with Crippen molar-refractivity contribution in [3.8, 4) is 0 Å². The number of pyridine rings is 1. The summed E-state index contributed by atoms with van der Waals surface area (Å²) in [6.45, 7) is 0. The second-order valence-electron chi connectivity index (χ2n) is 4.37. The van der Waals surface area contributed by atoms with Crippen LogP contribution in [0.4, 0.5) is 0 Å². The van der Waals surface area contributed by atoms with Crippen LogP contribution in [-0.2, 0) is 0 Å². The molecule has 1 aromatic carbocycles. The highest BCUT2D eigenvalue weighted by Gasteiger charge is 2.03. The number of aromatic amines is 1. The van der Waals surface area contributed by atoms with Crippen molar-refractivity contribution in [2.45, 2.75) is 0 Å². The summed E-state index contributed by atoms with van der Waals surface area (Å²) in [4.78, 5) is 19.1. The number of H-pyrrole nitrogens is 1. The van der Waals surface area contributed by atoms with Gasteiger partial charge < -0.3 is 4.98 Å². The van der Waals surface area contributed by atoms with E-state index >= 15 is 0 Å². The molecule has 0 aliphatic rings. The van der Waals surface area contributed by atoms with E-state index in [0.717, 1.165) is 20.9 Å². The highest BCUT2D eigenvalue weighted by atomic mass is 79.9. The van der Waals surface area contributed by atoms with E-state index in [1.54, 1.807) is 30.6 Å². The Kier molecular flexibility index (Phi) is 3.48. The number of nitrogens with one attached hydrogen (secondary N) is 1. The molecule has 0 unspecified atom stereocenters. The van der Waals surface area contributed by atoms with Gasteiger partial charge in [-0.3, -0.25) is 9.78 Å². The molecule has 0 saturated heterocycles. The van der Waals surface area contributed by atoms with Crippen LogP contribution in [0.3, 0.4) is 0 Å². The zero-order valence-electron chi connectivity index (χ0n) is 10.5. The van der Waals surface area contributed by atoms with Crippen LogP contribution in [0.5, 0.6) is 0 Å². The lowest BCUT2D eigenvalue weighted by Gasteiger charge is -1.95. The van der Waals surface area contributed by atoms with Crippen LogP contribution in [0.2, 0.25) is 0 Å². The monoisotopic (exact) mass is 326 g/mol. The number of carbonyl (C=O) groups is 1. The molecule has 2 aromatic heterocycles. The van der Waals surface area contributed by atoms with Crippen molar-refractivity contribution in [2.75, 3.05) is 0 Å². The van der Waals surface area contributed by atoms with Gasteiger partial charge in [-0.1, -0.05) is 15.9 Å². The first-order chi connectivity index (χ1) is 9.74. The van der Waals surface area contributed by atoms with Crippen LogP contribution in [-0.4, -0.2) is 15.8 Å². The molecule has 0 spiro atoms. The predicted octanol–water partition coefficient (Wildman–Crippen LogP) is 4.22. The molecular weight excluding hydrogens is 316 g/mol. The lowest BCUT2D eigenvalue weighted by molar-refractivity contribution is 0.104. The molecule has 20 heavy (non-hydrogen) atoms. The van der Waals surface area contributed by atoms with Gasteiger partial charge in [0.2, 0.25) is 0 Å².